The highest BCUT2D eigenvalue weighted by atomic mass is 15.2. The Morgan fingerprint density at radius 2 is 2.29 bits per heavy atom. The lowest BCUT2D eigenvalue weighted by molar-refractivity contribution is 0.108. The normalized spacial score (nSPS) is 24.1. The molecule has 0 aromatic carbocycles. The quantitative estimate of drug-likeness (QED) is 0.685. The molecule has 14 heavy (non-hydrogen) atoms. The van der Waals surface area contributed by atoms with Crippen molar-refractivity contribution in [1.82, 2.24) is 10.2 Å². The Morgan fingerprint density at radius 3 is 2.79 bits per heavy atom. The summed E-state index contributed by atoms with van der Waals surface area (Å²) in [4.78, 5) is 2.52. The molecule has 1 saturated heterocycles. The summed E-state index contributed by atoms with van der Waals surface area (Å²) in [7, 11) is 0. The van der Waals surface area contributed by atoms with E-state index in [2.05, 4.69) is 36.9 Å². The topological polar surface area (TPSA) is 15.3 Å². The van der Waals surface area contributed by atoms with Crippen molar-refractivity contribution in [2.45, 2.75) is 45.2 Å². The van der Waals surface area contributed by atoms with Gasteiger partial charge in [-0.2, -0.15) is 0 Å². The zero-order valence-electron chi connectivity index (χ0n) is 9.64. The number of hydrogen-bond donors (Lipinski definition) is 1. The smallest absolute Gasteiger partial charge is 0.0252 e. The van der Waals surface area contributed by atoms with Gasteiger partial charge < -0.3 is 5.32 Å². The van der Waals surface area contributed by atoms with Gasteiger partial charge in [0, 0.05) is 37.6 Å². The molecular weight excluding hydrogens is 172 g/mol. The zero-order chi connectivity index (χ0) is 10.6. The molecule has 1 aliphatic rings. The first-order valence-electron chi connectivity index (χ1n) is 5.51. The lowest BCUT2D eigenvalue weighted by atomic mass is 9.99. The molecular formula is C12H22N2. The zero-order valence-corrected chi connectivity index (χ0v) is 9.64. The fraction of sp³-hybridized carbons (Fsp3) is 0.833. The molecule has 1 fully saturated rings. The van der Waals surface area contributed by atoms with E-state index in [1.807, 2.05) is 0 Å². The largest absolute Gasteiger partial charge is 0.309 e. The van der Waals surface area contributed by atoms with Crippen LogP contribution in [0.1, 0.15) is 33.6 Å². The van der Waals surface area contributed by atoms with Gasteiger partial charge in [-0.15, -0.1) is 12.3 Å². The molecule has 1 rings (SSSR count). The molecule has 0 radical (unpaired) electrons. The summed E-state index contributed by atoms with van der Waals surface area (Å²) in [6.07, 6.45) is 7.42. The van der Waals surface area contributed by atoms with Crippen LogP contribution >= 0.6 is 0 Å². The van der Waals surface area contributed by atoms with Crippen molar-refractivity contribution >= 4 is 0 Å². The lowest BCUT2D eigenvalue weighted by Gasteiger charge is -2.42. The van der Waals surface area contributed by atoms with Gasteiger partial charge in [0.25, 0.3) is 0 Å². The molecule has 1 atom stereocenters. The molecule has 80 valence electrons. The minimum absolute atomic E-state index is 0.236. The predicted octanol–water partition coefficient (Wildman–Crippen LogP) is 1.47. The van der Waals surface area contributed by atoms with E-state index in [1.54, 1.807) is 0 Å². The molecule has 1 aliphatic heterocycles. The van der Waals surface area contributed by atoms with Gasteiger partial charge in [-0.05, 0) is 20.3 Å². The van der Waals surface area contributed by atoms with E-state index in [4.69, 9.17) is 6.42 Å². The summed E-state index contributed by atoms with van der Waals surface area (Å²) in [6.45, 7) is 10.0. The van der Waals surface area contributed by atoms with Crippen molar-refractivity contribution in [1.29, 1.82) is 0 Å². The van der Waals surface area contributed by atoms with Crippen LogP contribution in [0.2, 0.25) is 0 Å². The Bertz CT molecular complexity index is 215. The SMILES string of the molecule is C#CCC(CC)N1CCNC(C)(C)C1. The molecule has 0 aromatic heterocycles. The average Bonchev–Trinajstić information content (AvgIpc) is 2.12. The van der Waals surface area contributed by atoms with Gasteiger partial charge in [-0.1, -0.05) is 6.92 Å². The second-order valence-electron chi connectivity index (χ2n) is 4.75. The van der Waals surface area contributed by atoms with E-state index in [0.29, 0.717) is 6.04 Å². The maximum atomic E-state index is 5.39. The van der Waals surface area contributed by atoms with Crippen molar-refractivity contribution in [2.24, 2.45) is 0 Å². The molecule has 0 aliphatic carbocycles. The van der Waals surface area contributed by atoms with Crippen LogP contribution in [0, 0.1) is 12.3 Å². The Morgan fingerprint density at radius 1 is 1.57 bits per heavy atom. The van der Waals surface area contributed by atoms with E-state index >= 15 is 0 Å². The number of nitrogens with zero attached hydrogens (tertiary/aromatic N) is 1. The van der Waals surface area contributed by atoms with Gasteiger partial charge in [-0.3, -0.25) is 4.90 Å². The molecule has 0 bridgehead atoms. The molecule has 1 unspecified atom stereocenters. The third-order valence-electron chi connectivity index (χ3n) is 2.94. The molecule has 0 aromatic rings. The average molecular weight is 194 g/mol. The number of nitrogens with one attached hydrogen (secondary N) is 1. The van der Waals surface area contributed by atoms with Crippen LogP contribution in [0.5, 0.6) is 0 Å². The third-order valence-corrected chi connectivity index (χ3v) is 2.94. The first kappa shape index (κ1) is 11.6. The first-order chi connectivity index (χ1) is 6.59. The summed E-state index contributed by atoms with van der Waals surface area (Å²) in [5, 5.41) is 3.52. The Labute approximate surface area is 88.1 Å². The number of piperazine rings is 1. The first-order valence-corrected chi connectivity index (χ1v) is 5.51. The van der Waals surface area contributed by atoms with Crippen molar-refractivity contribution in [3.8, 4) is 12.3 Å². The Balaban J connectivity index is 2.54. The minimum atomic E-state index is 0.236. The third kappa shape index (κ3) is 3.01. The molecule has 2 nitrogen and oxygen atoms in total. The highest BCUT2D eigenvalue weighted by Gasteiger charge is 2.28. The fourth-order valence-electron chi connectivity index (χ4n) is 2.16. The van der Waals surface area contributed by atoms with Crippen LogP contribution in [-0.4, -0.2) is 36.1 Å². The highest BCUT2D eigenvalue weighted by Crippen LogP contribution is 2.16. The van der Waals surface area contributed by atoms with Crippen LogP contribution < -0.4 is 5.32 Å². The van der Waals surface area contributed by atoms with E-state index < -0.39 is 0 Å². The summed E-state index contributed by atoms with van der Waals surface area (Å²) in [5.41, 5.74) is 0.236. The van der Waals surface area contributed by atoms with E-state index in [1.165, 1.54) is 0 Å². The molecule has 0 amide bonds. The molecule has 0 spiro atoms. The van der Waals surface area contributed by atoms with Gasteiger partial charge >= 0.3 is 0 Å². The van der Waals surface area contributed by atoms with Gasteiger partial charge in [0.1, 0.15) is 0 Å². The monoisotopic (exact) mass is 194 g/mol. The van der Waals surface area contributed by atoms with E-state index in [9.17, 15) is 0 Å². The number of rotatable bonds is 3. The molecule has 2 heteroatoms. The van der Waals surface area contributed by atoms with Crippen LogP contribution in [0.3, 0.4) is 0 Å². The Hall–Kier alpha value is -0.520. The fourth-order valence-corrected chi connectivity index (χ4v) is 2.16. The van der Waals surface area contributed by atoms with Gasteiger partial charge in [-0.25, -0.2) is 0 Å². The van der Waals surface area contributed by atoms with Crippen LogP contribution in [-0.2, 0) is 0 Å². The summed E-state index contributed by atoms with van der Waals surface area (Å²) in [6, 6.07) is 0.571. The van der Waals surface area contributed by atoms with Crippen LogP contribution in [0.4, 0.5) is 0 Å². The van der Waals surface area contributed by atoms with Gasteiger partial charge in [0.15, 0.2) is 0 Å². The lowest BCUT2D eigenvalue weighted by Crippen LogP contribution is -2.59. The second-order valence-corrected chi connectivity index (χ2v) is 4.75. The van der Waals surface area contributed by atoms with Crippen molar-refractivity contribution in [3.63, 3.8) is 0 Å². The molecule has 0 saturated carbocycles. The molecule has 1 heterocycles. The Kier molecular flexibility index (Phi) is 3.97. The minimum Gasteiger partial charge on any atom is -0.309 e. The predicted molar refractivity (Wildman–Crippen MR) is 61.2 cm³/mol. The second kappa shape index (κ2) is 4.82. The maximum absolute atomic E-state index is 5.39. The van der Waals surface area contributed by atoms with Gasteiger partial charge in [0.2, 0.25) is 0 Å². The van der Waals surface area contributed by atoms with Crippen molar-refractivity contribution in [3.05, 3.63) is 0 Å². The number of terminal acetylenes is 1. The summed E-state index contributed by atoms with van der Waals surface area (Å²) in [5.74, 6) is 2.78. The number of hydrogen-bond acceptors (Lipinski definition) is 2. The van der Waals surface area contributed by atoms with Crippen LogP contribution in [0.15, 0.2) is 0 Å². The van der Waals surface area contributed by atoms with E-state index in [0.717, 1.165) is 32.5 Å². The standard InChI is InChI=1S/C12H22N2/c1-5-7-11(6-2)14-9-8-13-12(3,4)10-14/h1,11,13H,6-10H2,2-4H3. The van der Waals surface area contributed by atoms with Crippen LogP contribution in [0.25, 0.3) is 0 Å². The molecule has 1 N–H and O–H groups in total. The van der Waals surface area contributed by atoms with Crippen molar-refractivity contribution < 1.29 is 0 Å². The van der Waals surface area contributed by atoms with E-state index in [-0.39, 0.29) is 5.54 Å². The maximum Gasteiger partial charge on any atom is 0.0252 e. The highest BCUT2D eigenvalue weighted by molar-refractivity contribution is 4.94. The summed E-state index contributed by atoms with van der Waals surface area (Å²) < 4.78 is 0. The summed E-state index contributed by atoms with van der Waals surface area (Å²) >= 11 is 0. The van der Waals surface area contributed by atoms with Gasteiger partial charge in [0.05, 0.1) is 0 Å². The van der Waals surface area contributed by atoms with Crippen molar-refractivity contribution in [2.75, 3.05) is 19.6 Å².